The predicted octanol–water partition coefficient (Wildman–Crippen LogP) is 2.72. The third kappa shape index (κ3) is 1.91. The van der Waals surface area contributed by atoms with Crippen LogP contribution in [0.25, 0.3) is 0 Å². The van der Waals surface area contributed by atoms with Gasteiger partial charge in [-0.2, -0.15) is 0 Å². The molecule has 0 saturated heterocycles. The van der Waals surface area contributed by atoms with Crippen LogP contribution in [0.5, 0.6) is 0 Å². The Hall–Kier alpha value is -0.120. The third-order valence-electron chi connectivity index (χ3n) is 8.61. The molecule has 22 heavy (non-hydrogen) atoms. The maximum absolute atomic E-state index is 10.9. The molecule has 4 aliphatic rings. The average Bonchev–Trinajstić information content (AvgIpc) is 2.77. The molecule has 3 nitrogen and oxygen atoms in total. The standard InChI is InChI=1S/C19H32O3/c1-18-7-5-12(20)9-11(18)10-15(21)17-13-3-4-16(22)19(13,2)8-6-14(17)18/h11-17,20-22H,3-10H2,1-2H3/t11-,12-,13-,14-,15+,16-,17-,18-,19-/m0/s1. The Balaban J connectivity index is 1.67. The van der Waals surface area contributed by atoms with E-state index >= 15 is 0 Å². The Labute approximate surface area is 134 Å². The van der Waals surface area contributed by atoms with E-state index in [1.807, 2.05) is 0 Å². The second-order valence-corrected chi connectivity index (χ2v) is 9.36. The smallest absolute Gasteiger partial charge is 0.0596 e. The first-order valence-corrected chi connectivity index (χ1v) is 9.40. The van der Waals surface area contributed by atoms with Gasteiger partial charge in [0, 0.05) is 0 Å². The molecule has 0 aromatic rings. The summed E-state index contributed by atoms with van der Waals surface area (Å²) < 4.78 is 0. The van der Waals surface area contributed by atoms with Gasteiger partial charge < -0.3 is 15.3 Å². The van der Waals surface area contributed by atoms with Crippen LogP contribution in [0, 0.1) is 34.5 Å². The van der Waals surface area contributed by atoms with Crippen LogP contribution in [0.3, 0.4) is 0 Å². The van der Waals surface area contributed by atoms with Crippen molar-refractivity contribution in [2.45, 2.75) is 83.5 Å². The zero-order chi connectivity index (χ0) is 15.7. The molecule has 0 aromatic carbocycles. The Morgan fingerprint density at radius 1 is 0.773 bits per heavy atom. The molecule has 4 aliphatic carbocycles. The fourth-order valence-corrected chi connectivity index (χ4v) is 7.17. The van der Waals surface area contributed by atoms with E-state index in [1.54, 1.807) is 0 Å². The zero-order valence-electron chi connectivity index (χ0n) is 14.0. The molecule has 0 amide bonds. The minimum Gasteiger partial charge on any atom is -0.393 e. The van der Waals surface area contributed by atoms with Crippen LogP contribution in [0.2, 0.25) is 0 Å². The van der Waals surface area contributed by atoms with Crippen molar-refractivity contribution in [3.8, 4) is 0 Å². The zero-order valence-corrected chi connectivity index (χ0v) is 14.0. The average molecular weight is 308 g/mol. The number of rotatable bonds is 0. The molecule has 0 unspecified atom stereocenters. The summed E-state index contributed by atoms with van der Waals surface area (Å²) in [5.41, 5.74) is 0.317. The van der Waals surface area contributed by atoms with E-state index < -0.39 is 0 Å². The molecule has 4 saturated carbocycles. The van der Waals surface area contributed by atoms with Crippen LogP contribution >= 0.6 is 0 Å². The Kier molecular flexibility index (Phi) is 3.46. The molecule has 0 spiro atoms. The van der Waals surface area contributed by atoms with Crippen molar-refractivity contribution in [1.29, 1.82) is 0 Å². The highest BCUT2D eigenvalue weighted by Gasteiger charge is 2.62. The molecular weight excluding hydrogens is 276 g/mol. The molecule has 0 heterocycles. The van der Waals surface area contributed by atoms with Gasteiger partial charge in [0.05, 0.1) is 18.3 Å². The fraction of sp³-hybridized carbons (Fsp3) is 1.00. The van der Waals surface area contributed by atoms with Gasteiger partial charge in [-0.25, -0.2) is 0 Å². The summed E-state index contributed by atoms with van der Waals surface area (Å²) in [6.07, 6.45) is 7.45. The highest BCUT2D eigenvalue weighted by molar-refractivity contribution is 5.11. The van der Waals surface area contributed by atoms with Gasteiger partial charge in [-0.05, 0) is 85.9 Å². The second kappa shape index (κ2) is 4.94. The summed E-state index contributed by atoms with van der Waals surface area (Å²) in [5.74, 6) is 1.91. The van der Waals surface area contributed by atoms with Crippen molar-refractivity contribution in [3.63, 3.8) is 0 Å². The Bertz CT molecular complexity index is 452. The lowest BCUT2D eigenvalue weighted by molar-refractivity contribution is -0.176. The molecule has 9 atom stereocenters. The maximum Gasteiger partial charge on any atom is 0.0596 e. The van der Waals surface area contributed by atoms with E-state index in [-0.39, 0.29) is 29.1 Å². The maximum atomic E-state index is 10.9. The summed E-state index contributed by atoms with van der Waals surface area (Å²) >= 11 is 0. The van der Waals surface area contributed by atoms with Gasteiger partial charge in [0.1, 0.15) is 0 Å². The lowest BCUT2D eigenvalue weighted by atomic mass is 9.44. The van der Waals surface area contributed by atoms with E-state index in [9.17, 15) is 15.3 Å². The van der Waals surface area contributed by atoms with Crippen LogP contribution in [0.1, 0.15) is 65.2 Å². The fourth-order valence-electron chi connectivity index (χ4n) is 7.17. The summed E-state index contributed by atoms with van der Waals surface area (Å²) in [6.45, 7) is 4.69. The number of hydrogen-bond donors (Lipinski definition) is 3. The van der Waals surface area contributed by atoms with Crippen molar-refractivity contribution >= 4 is 0 Å². The summed E-state index contributed by atoms with van der Waals surface area (Å²) in [7, 11) is 0. The quantitative estimate of drug-likeness (QED) is 0.645. The van der Waals surface area contributed by atoms with Crippen molar-refractivity contribution in [1.82, 2.24) is 0 Å². The molecular formula is C19H32O3. The van der Waals surface area contributed by atoms with Gasteiger partial charge in [0.25, 0.3) is 0 Å². The van der Waals surface area contributed by atoms with E-state index in [2.05, 4.69) is 13.8 Å². The van der Waals surface area contributed by atoms with Gasteiger partial charge in [0.15, 0.2) is 0 Å². The molecule has 4 rings (SSSR count). The van der Waals surface area contributed by atoms with Crippen molar-refractivity contribution in [3.05, 3.63) is 0 Å². The van der Waals surface area contributed by atoms with Crippen LogP contribution < -0.4 is 0 Å². The minimum absolute atomic E-state index is 0.0273. The summed E-state index contributed by atoms with van der Waals surface area (Å²) in [6, 6.07) is 0. The van der Waals surface area contributed by atoms with E-state index in [4.69, 9.17) is 0 Å². The lowest BCUT2D eigenvalue weighted by Crippen LogP contribution is -2.58. The van der Waals surface area contributed by atoms with Crippen LogP contribution in [-0.4, -0.2) is 33.6 Å². The first-order valence-electron chi connectivity index (χ1n) is 9.40. The van der Waals surface area contributed by atoms with E-state index in [1.165, 1.54) is 0 Å². The summed E-state index contributed by atoms with van der Waals surface area (Å²) in [5, 5.41) is 31.5. The Morgan fingerprint density at radius 3 is 2.23 bits per heavy atom. The van der Waals surface area contributed by atoms with Gasteiger partial charge >= 0.3 is 0 Å². The molecule has 126 valence electrons. The molecule has 0 aromatic heterocycles. The molecule has 0 radical (unpaired) electrons. The Morgan fingerprint density at radius 2 is 1.45 bits per heavy atom. The second-order valence-electron chi connectivity index (χ2n) is 9.36. The number of aliphatic hydroxyl groups is 3. The first kappa shape index (κ1) is 15.4. The van der Waals surface area contributed by atoms with Crippen LogP contribution in [0.15, 0.2) is 0 Å². The molecule has 3 heteroatoms. The van der Waals surface area contributed by atoms with Crippen molar-refractivity contribution in [2.24, 2.45) is 34.5 Å². The number of aliphatic hydroxyl groups excluding tert-OH is 3. The SMILES string of the molecule is C[C@]12CC[C@H](O)C[C@H]1C[C@@H](O)[C@@H]1[C@@H]2CC[C@]2(C)[C@@H](O)CC[C@@H]12. The predicted molar refractivity (Wildman–Crippen MR) is 85.1 cm³/mol. The molecule has 0 aliphatic heterocycles. The highest BCUT2D eigenvalue weighted by Crippen LogP contribution is 2.66. The number of fused-ring (bicyclic) bond motifs is 5. The largest absolute Gasteiger partial charge is 0.393 e. The molecule has 0 bridgehead atoms. The third-order valence-corrected chi connectivity index (χ3v) is 8.61. The van der Waals surface area contributed by atoms with E-state index in [0.29, 0.717) is 23.7 Å². The normalized spacial score (nSPS) is 61.2. The topological polar surface area (TPSA) is 60.7 Å². The highest BCUT2D eigenvalue weighted by atomic mass is 16.3. The van der Waals surface area contributed by atoms with Gasteiger partial charge in [-0.3, -0.25) is 0 Å². The number of hydrogen-bond acceptors (Lipinski definition) is 3. The lowest BCUT2D eigenvalue weighted by Gasteiger charge is -2.62. The van der Waals surface area contributed by atoms with Crippen LogP contribution in [0.4, 0.5) is 0 Å². The first-order chi connectivity index (χ1) is 10.4. The molecule has 4 fully saturated rings. The van der Waals surface area contributed by atoms with Crippen molar-refractivity contribution in [2.75, 3.05) is 0 Å². The van der Waals surface area contributed by atoms with Gasteiger partial charge in [-0.15, -0.1) is 0 Å². The van der Waals surface area contributed by atoms with E-state index in [0.717, 1.165) is 51.4 Å². The van der Waals surface area contributed by atoms with Gasteiger partial charge in [-0.1, -0.05) is 13.8 Å². The molecule has 3 N–H and O–H groups in total. The monoisotopic (exact) mass is 308 g/mol. The van der Waals surface area contributed by atoms with Crippen LogP contribution in [-0.2, 0) is 0 Å². The van der Waals surface area contributed by atoms with Gasteiger partial charge in [0.2, 0.25) is 0 Å². The van der Waals surface area contributed by atoms with Crippen molar-refractivity contribution < 1.29 is 15.3 Å². The minimum atomic E-state index is -0.233. The summed E-state index contributed by atoms with van der Waals surface area (Å²) in [4.78, 5) is 0.